The second-order valence-electron chi connectivity index (χ2n) is 16.0. The Balaban J connectivity index is 1.27. The summed E-state index contributed by atoms with van der Waals surface area (Å²) in [6.45, 7) is 2.75. The summed E-state index contributed by atoms with van der Waals surface area (Å²) in [5.41, 5.74) is -0.664. The van der Waals surface area contributed by atoms with Crippen molar-refractivity contribution in [3.8, 4) is 0 Å². The second-order valence-corrected chi connectivity index (χ2v) is 16.0. The van der Waals surface area contributed by atoms with Gasteiger partial charge in [0.25, 0.3) is 0 Å². The van der Waals surface area contributed by atoms with Crippen LogP contribution in [-0.4, -0.2) is 126 Å². The third-order valence-electron chi connectivity index (χ3n) is 10.6. The summed E-state index contributed by atoms with van der Waals surface area (Å²) in [5, 5.41) is 14.4. The molecule has 0 unspecified atom stereocenters. The Morgan fingerprint density at radius 1 is 1.05 bits per heavy atom. The molecule has 1 saturated carbocycles. The van der Waals surface area contributed by atoms with E-state index in [0.29, 0.717) is 11.1 Å². The largest absolute Gasteiger partial charge is 0.460 e. The highest BCUT2D eigenvalue weighted by Gasteiger charge is 2.75. The molecule has 2 aromatic carbocycles. The zero-order valence-electron chi connectivity index (χ0n) is 33.0. The SMILES string of the molecule is CN(C(=O)[C@@]12C[C@H]3OC(=O)[C@@H]1N(Cc1cccc(C=CC(=O)OCC(F)(F)F)c1)O[C@@H]2[C@H]1OCO[C@H]13)[C@H](Cc1ccccc1)C(=O)N[C@H](CO)CCC(=O)OC(C)(C)C. The number of esters is 3. The number of aliphatic hydroxyl groups excluding tert-OH is 1. The molecule has 3 heterocycles. The molecule has 18 heteroatoms. The molecule has 2 bridgehead atoms. The fraction of sp³-hybridized carbons (Fsp3) is 0.537. The first-order valence-electron chi connectivity index (χ1n) is 19.2. The summed E-state index contributed by atoms with van der Waals surface area (Å²) in [6.07, 6.45) is -6.03. The van der Waals surface area contributed by atoms with Gasteiger partial charge in [0.15, 0.2) is 12.6 Å². The van der Waals surface area contributed by atoms with Crippen molar-refractivity contribution >= 4 is 35.8 Å². The number of hydroxylamine groups is 2. The maximum absolute atomic E-state index is 15.3. The number of ether oxygens (including phenoxy) is 5. The Hall–Kier alpha value is -4.88. The fourth-order valence-corrected chi connectivity index (χ4v) is 8.06. The van der Waals surface area contributed by atoms with Crippen LogP contribution in [0.5, 0.6) is 0 Å². The van der Waals surface area contributed by atoms with Crippen LogP contribution in [0.4, 0.5) is 13.2 Å². The molecule has 2 N–H and O–H groups in total. The lowest BCUT2D eigenvalue weighted by molar-refractivity contribution is -0.204. The van der Waals surface area contributed by atoms with Crippen LogP contribution in [-0.2, 0) is 65.5 Å². The molecular formula is C41H48F3N3O12. The van der Waals surface area contributed by atoms with E-state index in [1.165, 1.54) is 23.1 Å². The number of amides is 2. The van der Waals surface area contributed by atoms with Crippen LogP contribution in [0.2, 0.25) is 0 Å². The fourth-order valence-electron chi connectivity index (χ4n) is 8.06. The smallest absolute Gasteiger partial charge is 0.422 e. The van der Waals surface area contributed by atoms with Gasteiger partial charge in [-0.25, -0.2) is 4.79 Å². The van der Waals surface area contributed by atoms with Crippen molar-refractivity contribution in [1.29, 1.82) is 0 Å². The van der Waals surface area contributed by atoms with Gasteiger partial charge >= 0.3 is 24.1 Å². The quantitative estimate of drug-likeness (QED) is 0.152. The van der Waals surface area contributed by atoms with Gasteiger partial charge in [0.1, 0.15) is 48.3 Å². The number of carbonyl (C=O) groups excluding carboxylic acids is 5. The maximum Gasteiger partial charge on any atom is 0.422 e. The first kappa shape index (κ1) is 43.7. The third-order valence-corrected chi connectivity index (χ3v) is 10.6. The van der Waals surface area contributed by atoms with Gasteiger partial charge in [0, 0.05) is 32.4 Å². The maximum atomic E-state index is 15.3. The van der Waals surface area contributed by atoms with Crippen LogP contribution in [0.25, 0.3) is 6.08 Å². The first-order chi connectivity index (χ1) is 27.9. The number of likely N-dealkylation sites (N-methyl/N-ethyl adjacent to an activating group) is 1. The average Bonchev–Trinajstić information content (AvgIpc) is 3.81. The number of alkyl halides is 3. The number of hydrogen-bond acceptors (Lipinski definition) is 13. The van der Waals surface area contributed by atoms with Crippen molar-refractivity contribution in [2.75, 3.05) is 27.1 Å². The van der Waals surface area contributed by atoms with Crippen molar-refractivity contribution < 1.29 is 70.8 Å². The average molecular weight is 832 g/mol. The molecule has 320 valence electrons. The minimum atomic E-state index is -4.68. The Morgan fingerprint density at radius 3 is 2.46 bits per heavy atom. The van der Waals surface area contributed by atoms with E-state index in [1.54, 1.807) is 69.3 Å². The number of hydrogen-bond donors (Lipinski definition) is 2. The summed E-state index contributed by atoms with van der Waals surface area (Å²) in [5.74, 6) is -3.65. The molecule has 1 aliphatic carbocycles. The molecule has 6 rings (SSSR count). The molecule has 0 aromatic heterocycles. The van der Waals surface area contributed by atoms with Gasteiger partial charge in [-0.2, -0.15) is 18.2 Å². The molecule has 4 aliphatic rings. The van der Waals surface area contributed by atoms with Crippen molar-refractivity contribution in [1.82, 2.24) is 15.3 Å². The van der Waals surface area contributed by atoms with Crippen LogP contribution < -0.4 is 5.32 Å². The van der Waals surface area contributed by atoms with Crippen molar-refractivity contribution in [3.05, 3.63) is 77.4 Å². The lowest BCUT2D eigenvalue weighted by Gasteiger charge is -2.50. The van der Waals surface area contributed by atoms with E-state index >= 15 is 4.79 Å². The number of aliphatic hydroxyl groups is 1. The van der Waals surface area contributed by atoms with Gasteiger partial charge < -0.3 is 39.0 Å². The van der Waals surface area contributed by atoms with E-state index in [0.717, 1.165) is 11.6 Å². The van der Waals surface area contributed by atoms with Crippen LogP contribution in [0.3, 0.4) is 0 Å². The lowest BCUT2D eigenvalue weighted by Crippen LogP contribution is -2.70. The molecule has 59 heavy (non-hydrogen) atoms. The minimum Gasteiger partial charge on any atom is -0.460 e. The van der Waals surface area contributed by atoms with E-state index < -0.39 is 103 Å². The topological polar surface area (TPSA) is 179 Å². The predicted molar refractivity (Wildman–Crippen MR) is 199 cm³/mol. The normalized spacial score (nSPS) is 26.1. The van der Waals surface area contributed by atoms with Crippen molar-refractivity contribution in [3.63, 3.8) is 0 Å². The summed E-state index contributed by atoms with van der Waals surface area (Å²) in [7, 11) is 1.46. The third kappa shape index (κ3) is 10.1. The Bertz CT molecular complexity index is 1910. The van der Waals surface area contributed by atoms with Crippen molar-refractivity contribution in [2.24, 2.45) is 5.41 Å². The Kier molecular flexibility index (Phi) is 13.2. The lowest BCUT2D eigenvalue weighted by atomic mass is 9.62. The van der Waals surface area contributed by atoms with Gasteiger partial charge in [-0.15, -0.1) is 0 Å². The van der Waals surface area contributed by atoms with Crippen LogP contribution in [0.1, 0.15) is 56.7 Å². The van der Waals surface area contributed by atoms with Gasteiger partial charge in [-0.3, -0.25) is 24.0 Å². The molecule has 15 nitrogen and oxygen atoms in total. The molecule has 2 amide bonds. The van der Waals surface area contributed by atoms with E-state index in [9.17, 15) is 37.5 Å². The molecule has 3 saturated heterocycles. The molecule has 0 radical (unpaired) electrons. The van der Waals surface area contributed by atoms with Crippen LogP contribution >= 0.6 is 0 Å². The molecule has 8 atom stereocenters. The van der Waals surface area contributed by atoms with Gasteiger partial charge in [-0.05, 0) is 50.0 Å². The molecule has 2 aromatic rings. The number of nitrogens with one attached hydrogen (secondary N) is 1. The highest BCUT2D eigenvalue weighted by atomic mass is 19.4. The summed E-state index contributed by atoms with van der Waals surface area (Å²) in [6, 6.07) is 12.2. The van der Waals surface area contributed by atoms with E-state index in [2.05, 4.69) is 10.1 Å². The number of benzene rings is 2. The van der Waals surface area contributed by atoms with Gasteiger partial charge in [0.2, 0.25) is 11.8 Å². The van der Waals surface area contributed by atoms with E-state index in [1.807, 2.05) is 6.07 Å². The minimum absolute atomic E-state index is 0.0179. The van der Waals surface area contributed by atoms with Gasteiger partial charge in [-0.1, -0.05) is 54.6 Å². The molecule has 4 fully saturated rings. The number of carbonyl (C=O) groups is 5. The monoisotopic (exact) mass is 831 g/mol. The van der Waals surface area contributed by atoms with Crippen LogP contribution in [0, 0.1) is 5.41 Å². The number of nitrogens with zero attached hydrogens (tertiary/aromatic N) is 2. The molecule has 0 spiro atoms. The van der Waals surface area contributed by atoms with E-state index in [-0.39, 0.29) is 39.0 Å². The summed E-state index contributed by atoms with van der Waals surface area (Å²) in [4.78, 5) is 75.7. The predicted octanol–water partition coefficient (Wildman–Crippen LogP) is 3.02. The zero-order chi connectivity index (χ0) is 42.7. The van der Waals surface area contributed by atoms with Gasteiger partial charge in [0.05, 0.1) is 19.2 Å². The van der Waals surface area contributed by atoms with Crippen LogP contribution in [0.15, 0.2) is 60.7 Å². The highest BCUT2D eigenvalue weighted by molar-refractivity contribution is 5.96. The number of rotatable bonds is 15. The Morgan fingerprint density at radius 2 is 1.76 bits per heavy atom. The summed E-state index contributed by atoms with van der Waals surface area (Å²) < 4.78 is 64.8. The standard InChI is InChI=1S/C41H48F3N3O12/c1-39(2,3)58-31(50)16-14-27(21-48)45-36(51)28(18-24-9-6-5-7-10-24)46(4)38(53)40-19-29-32-33(56-23-55-32)35(40)59-47(34(40)37(52)57-29)20-26-12-8-11-25(17-26)13-15-30(49)54-22-41(42,43)44/h5-13,15,17,27-29,32-35,48H,14,16,18-23H2,1-4H3,(H,45,51)/t27-,28+,29+,32-,33-,34-,35+,40-/m0/s1. The molecule has 3 aliphatic heterocycles. The first-order valence-corrected chi connectivity index (χ1v) is 19.2. The summed E-state index contributed by atoms with van der Waals surface area (Å²) >= 11 is 0. The number of fused-ring (bicyclic) bond motifs is 4. The molecular weight excluding hydrogens is 783 g/mol. The van der Waals surface area contributed by atoms with Crippen molar-refractivity contribution in [2.45, 2.75) is 107 Å². The second kappa shape index (κ2) is 17.8. The Labute approximate surface area is 338 Å². The number of halogens is 3. The van der Waals surface area contributed by atoms with E-state index in [4.69, 9.17) is 23.8 Å². The zero-order valence-corrected chi connectivity index (χ0v) is 33.0. The highest BCUT2D eigenvalue weighted by Crippen LogP contribution is 2.56.